The Morgan fingerprint density at radius 3 is 2.83 bits per heavy atom. The fourth-order valence-corrected chi connectivity index (χ4v) is 6.15. The molecular formula is C20H18ClN5O2S2. The van der Waals surface area contributed by atoms with Crippen molar-refractivity contribution in [2.45, 2.75) is 31.3 Å². The average Bonchev–Trinajstić information content (AvgIpc) is 3.29. The molecule has 10 heteroatoms. The van der Waals surface area contributed by atoms with Crippen LogP contribution in [0.5, 0.6) is 0 Å². The molecule has 0 bridgehead atoms. The van der Waals surface area contributed by atoms with Gasteiger partial charge < -0.3 is 5.73 Å². The molecule has 1 aliphatic carbocycles. The number of nitrogens with two attached hydrogens (primary N) is 1. The van der Waals surface area contributed by atoms with Crippen LogP contribution in [-0.2, 0) is 17.6 Å². The second-order valence-corrected chi connectivity index (χ2v) is 9.98. The maximum atomic E-state index is 13.7. The molecule has 1 amide bonds. The molecule has 7 nitrogen and oxygen atoms in total. The van der Waals surface area contributed by atoms with Crippen LogP contribution in [0.2, 0.25) is 5.02 Å². The summed E-state index contributed by atoms with van der Waals surface area (Å²) in [5, 5.41) is 10.4. The molecule has 30 heavy (non-hydrogen) atoms. The molecule has 0 fully saturated rings. The largest absolute Gasteiger partial charge is 0.369 e. The number of halogens is 1. The zero-order chi connectivity index (χ0) is 21.0. The lowest BCUT2D eigenvalue weighted by Gasteiger charge is -2.18. The summed E-state index contributed by atoms with van der Waals surface area (Å²) in [5.74, 6) is 0.593. The molecule has 1 aliphatic rings. The second-order valence-electron chi connectivity index (χ2n) is 7.52. The van der Waals surface area contributed by atoms with E-state index in [-0.39, 0.29) is 11.3 Å². The van der Waals surface area contributed by atoms with Gasteiger partial charge >= 0.3 is 0 Å². The quantitative estimate of drug-likeness (QED) is 0.471. The van der Waals surface area contributed by atoms with E-state index in [0.29, 0.717) is 32.9 Å². The Balaban J connectivity index is 1.87. The van der Waals surface area contributed by atoms with Crippen LogP contribution in [0.4, 0.5) is 0 Å². The van der Waals surface area contributed by atoms with Crippen molar-refractivity contribution in [1.82, 2.24) is 19.2 Å². The maximum absolute atomic E-state index is 13.7. The molecule has 0 saturated heterocycles. The highest BCUT2D eigenvalue weighted by Crippen LogP contribution is 2.38. The van der Waals surface area contributed by atoms with Gasteiger partial charge in [0.15, 0.2) is 5.16 Å². The molecule has 3 heterocycles. The number of nitrogens with zero attached hydrogens (tertiary/aromatic N) is 4. The lowest BCUT2D eigenvalue weighted by Crippen LogP contribution is -2.23. The molecule has 1 atom stereocenters. The summed E-state index contributed by atoms with van der Waals surface area (Å²) < 4.78 is 3.46. The van der Waals surface area contributed by atoms with Crippen molar-refractivity contribution in [2.75, 3.05) is 5.75 Å². The fourth-order valence-electron chi connectivity index (χ4n) is 3.96. The fraction of sp³-hybridized carbons (Fsp3) is 0.300. The Labute approximate surface area is 184 Å². The van der Waals surface area contributed by atoms with E-state index in [1.54, 1.807) is 40.2 Å². The van der Waals surface area contributed by atoms with E-state index < -0.39 is 5.91 Å². The molecule has 0 saturated carbocycles. The lowest BCUT2D eigenvalue weighted by molar-refractivity contribution is -0.115. The number of fused-ring (bicyclic) bond motifs is 5. The maximum Gasteiger partial charge on any atom is 0.268 e. The van der Waals surface area contributed by atoms with Crippen molar-refractivity contribution < 1.29 is 4.79 Å². The van der Waals surface area contributed by atoms with Gasteiger partial charge in [-0.2, -0.15) is 0 Å². The van der Waals surface area contributed by atoms with Crippen molar-refractivity contribution >= 4 is 56.6 Å². The molecule has 1 aromatic carbocycles. The number of benzene rings is 1. The number of hydrogen-bond acceptors (Lipinski definition) is 6. The van der Waals surface area contributed by atoms with E-state index in [1.165, 1.54) is 16.6 Å². The van der Waals surface area contributed by atoms with E-state index in [0.717, 1.165) is 29.7 Å². The first-order valence-corrected chi connectivity index (χ1v) is 11.7. The van der Waals surface area contributed by atoms with Gasteiger partial charge in [-0.3, -0.25) is 9.59 Å². The second kappa shape index (κ2) is 7.40. The van der Waals surface area contributed by atoms with Gasteiger partial charge in [0.25, 0.3) is 5.56 Å². The number of thioether (sulfide) groups is 1. The van der Waals surface area contributed by atoms with Crippen molar-refractivity contribution in [1.29, 1.82) is 0 Å². The summed E-state index contributed by atoms with van der Waals surface area (Å²) >= 11 is 8.90. The number of thiophene rings is 1. The number of aromatic nitrogens is 4. The molecule has 0 spiro atoms. The minimum atomic E-state index is -0.432. The first kappa shape index (κ1) is 19.6. The Hall–Kier alpha value is -2.36. The van der Waals surface area contributed by atoms with Gasteiger partial charge in [-0.1, -0.05) is 30.3 Å². The number of carbonyl (C=O) groups excluding carboxylic acids is 1. The highest BCUT2D eigenvalue weighted by Gasteiger charge is 2.27. The van der Waals surface area contributed by atoms with Crippen molar-refractivity contribution in [3.05, 3.63) is 50.1 Å². The van der Waals surface area contributed by atoms with Gasteiger partial charge in [-0.25, -0.2) is 8.97 Å². The van der Waals surface area contributed by atoms with Crippen LogP contribution >= 0.6 is 34.7 Å². The van der Waals surface area contributed by atoms with Gasteiger partial charge in [0.2, 0.25) is 11.7 Å². The van der Waals surface area contributed by atoms with Crippen molar-refractivity contribution in [2.24, 2.45) is 11.7 Å². The number of hydrogen-bond donors (Lipinski definition) is 1. The Kier molecular flexibility index (Phi) is 4.83. The molecule has 154 valence electrons. The van der Waals surface area contributed by atoms with E-state index >= 15 is 0 Å². The Morgan fingerprint density at radius 1 is 1.33 bits per heavy atom. The molecule has 2 N–H and O–H groups in total. The molecule has 5 rings (SSSR count). The Bertz CT molecular complexity index is 1360. The summed E-state index contributed by atoms with van der Waals surface area (Å²) in [6, 6.07) is 7.08. The van der Waals surface area contributed by atoms with Gasteiger partial charge in [0.1, 0.15) is 4.83 Å². The number of rotatable bonds is 4. The summed E-state index contributed by atoms with van der Waals surface area (Å²) in [4.78, 5) is 27.1. The van der Waals surface area contributed by atoms with Crippen LogP contribution in [0.3, 0.4) is 0 Å². The zero-order valence-electron chi connectivity index (χ0n) is 16.1. The predicted octanol–water partition coefficient (Wildman–Crippen LogP) is 3.45. The van der Waals surface area contributed by atoms with Crippen LogP contribution in [-0.4, -0.2) is 30.8 Å². The highest BCUT2D eigenvalue weighted by atomic mass is 35.5. The first-order chi connectivity index (χ1) is 14.4. The molecule has 0 unspecified atom stereocenters. The molecular weight excluding hydrogens is 442 g/mol. The number of amides is 1. The number of primary amides is 1. The lowest BCUT2D eigenvalue weighted by atomic mass is 9.89. The number of carbonyl (C=O) groups is 1. The molecule has 0 aliphatic heterocycles. The standard InChI is InChI=1S/C20H18ClN5O2S2/c1-10-2-7-14-13(8-10)16-17(28)25(12-5-3-11(21)4-6-12)19-23-24-20(29-9-15(22)27)26(19)18(16)30-14/h3-6,10H,2,7-9H2,1H3,(H2,22,27)/t10-/m0/s1. The van der Waals surface area contributed by atoms with Crippen molar-refractivity contribution in [3.8, 4) is 5.69 Å². The van der Waals surface area contributed by atoms with Crippen LogP contribution in [0.1, 0.15) is 23.8 Å². The van der Waals surface area contributed by atoms with Gasteiger partial charge in [-0.15, -0.1) is 21.5 Å². The minimum Gasteiger partial charge on any atom is -0.369 e. The monoisotopic (exact) mass is 459 g/mol. The SMILES string of the molecule is C[C@H]1CCc2sc3c(c2C1)c(=O)n(-c1ccc(Cl)cc1)c1nnc(SCC(N)=O)n31. The predicted molar refractivity (Wildman–Crippen MR) is 120 cm³/mol. The third kappa shape index (κ3) is 3.12. The smallest absolute Gasteiger partial charge is 0.268 e. The minimum absolute atomic E-state index is 0.0878. The van der Waals surface area contributed by atoms with Gasteiger partial charge in [0, 0.05) is 9.90 Å². The molecule has 4 aromatic rings. The van der Waals surface area contributed by atoms with Crippen molar-refractivity contribution in [3.63, 3.8) is 0 Å². The third-order valence-electron chi connectivity index (χ3n) is 5.35. The van der Waals surface area contributed by atoms with E-state index in [4.69, 9.17) is 17.3 Å². The highest BCUT2D eigenvalue weighted by molar-refractivity contribution is 7.99. The van der Waals surface area contributed by atoms with Crippen LogP contribution in [0.15, 0.2) is 34.2 Å². The van der Waals surface area contributed by atoms with Crippen LogP contribution in [0.25, 0.3) is 21.7 Å². The number of aryl methyl sites for hydroxylation is 1. The molecule has 3 aromatic heterocycles. The summed E-state index contributed by atoms with van der Waals surface area (Å²) in [6.45, 7) is 2.22. The van der Waals surface area contributed by atoms with Gasteiger partial charge in [0.05, 0.1) is 16.8 Å². The Morgan fingerprint density at radius 2 is 2.10 bits per heavy atom. The van der Waals surface area contributed by atoms with Crippen LogP contribution < -0.4 is 11.3 Å². The zero-order valence-corrected chi connectivity index (χ0v) is 18.5. The summed E-state index contributed by atoms with van der Waals surface area (Å²) in [6.07, 6.45) is 2.95. The topological polar surface area (TPSA) is 95.3 Å². The third-order valence-corrected chi connectivity index (χ3v) is 7.83. The molecule has 0 radical (unpaired) electrons. The van der Waals surface area contributed by atoms with E-state index in [2.05, 4.69) is 17.1 Å². The summed E-state index contributed by atoms with van der Waals surface area (Å²) in [7, 11) is 0. The van der Waals surface area contributed by atoms with E-state index in [9.17, 15) is 9.59 Å². The normalized spacial score (nSPS) is 16.3. The summed E-state index contributed by atoms with van der Waals surface area (Å²) in [5.41, 5.74) is 7.02. The van der Waals surface area contributed by atoms with Crippen LogP contribution in [0, 0.1) is 5.92 Å². The van der Waals surface area contributed by atoms with Gasteiger partial charge in [-0.05, 0) is 55.0 Å². The van der Waals surface area contributed by atoms with E-state index in [1.807, 2.05) is 4.40 Å². The first-order valence-electron chi connectivity index (χ1n) is 9.55. The average molecular weight is 460 g/mol.